The molecule has 2 aromatic carbocycles. The first-order valence-corrected chi connectivity index (χ1v) is 7.55. The molecule has 0 heterocycles. The van der Waals surface area contributed by atoms with E-state index in [0.29, 0.717) is 5.56 Å². The molecule has 0 radical (unpaired) electrons. The Kier molecular flexibility index (Phi) is 4.69. The molecule has 20 heavy (non-hydrogen) atoms. The van der Waals surface area contributed by atoms with Crippen molar-refractivity contribution in [1.82, 2.24) is 0 Å². The lowest BCUT2D eigenvalue weighted by Gasteiger charge is -2.12. The van der Waals surface area contributed by atoms with Crippen LogP contribution in [0.25, 0.3) is 0 Å². The topological polar surface area (TPSA) is 54.4 Å². The summed E-state index contributed by atoms with van der Waals surface area (Å²) >= 11 is 0. The van der Waals surface area contributed by atoms with Crippen molar-refractivity contribution in [3.63, 3.8) is 0 Å². The molecule has 0 fully saturated rings. The highest BCUT2D eigenvalue weighted by Crippen LogP contribution is 2.24. The average molecular weight is 288 g/mol. The molecule has 0 bridgehead atoms. The maximum absolute atomic E-state index is 12.5. The summed E-state index contributed by atoms with van der Waals surface area (Å²) in [6, 6.07) is 16.6. The third-order valence-electron chi connectivity index (χ3n) is 3.10. The standard InChI is InChI=1S/C16H16O3S/c1-12(14-5-3-2-4-6-14)20(19)15-9-7-13(8-10-15)11-16(17)18/h2-10,12H,11H2,1H3,(H,17,18). The molecule has 0 aliphatic carbocycles. The van der Waals surface area contributed by atoms with Crippen molar-refractivity contribution in [2.75, 3.05) is 0 Å². The minimum absolute atomic E-state index is 0.0127. The lowest BCUT2D eigenvalue weighted by molar-refractivity contribution is -0.136. The Labute approximate surface area is 120 Å². The van der Waals surface area contributed by atoms with E-state index in [-0.39, 0.29) is 11.7 Å². The molecule has 0 aromatic heterocycles. The largest absolute Gasteiger partial charge is 0.481 e. The molecule has 0 aliphatic heterocycles. The first-order chi connectivity index (χ1) is 9.58. The van der Waals surface area contributed by atoms with E-state index >= 15 is 0 Å². The van der Waals surface area contributed by atoms with Gasteiger partial charge in [0.05, 0.1) is 22.5 Å². The summed E-state index contributed by atoms with van der Waals surface area (Å²) in [4.78, 5) is 11.3. The van der Waals surface area contributed by atoms with Gasteiger partial charge in [0.15, 0.2) is 0 Å². The van der Waals surface area contributed by atoms with Crippen LogP contribution in [0.3, 0.4) is 0 Å². The number of hydrogen-bond donors (Lipinski definition) is 1. The number of rotatable bonds is 5. The van der Waals surface area contributed by atoms with Gasteiger partial charge in [0.2, 0.25) is 0 Å². The predicted octanol–water partition coefficient (Wildman–Crippen LogP) is 3.18. The molecular formula is C16H16O3S. The number of hydrogen-bond acceptors (Lipinski definition) is 2. The first kappa shape index (κ1) is 14.5. The van der Waals surface area contributed by atoms with Crippen molar-refractivity contribution in [3.05, 3.63) is 65.7 Å². The predicted molar refractivity (Wildman–Crippen MR) is 79.0 cm³/mol. The molecule has 0 aliphatic rings. The fourth-order valence-electron chi connectivity index (χ4n) is 1.97. The van der Waals surface area contributed by atoms with Gasteiger partial charge in [0.25, 0.3) is 0 Å². The van der Waals surface area contributed by atoms with Gasteiger partial charge in [0.1, 0.15) is 0 Å². The smallest absolute Gasteiger partial charge is 0.307 e. The SMILES string of the molecule is CC(c1ccccc1)S(=O)c1ccc(CC(=O)O)cc1. The van der Waals surface area contributed by atoms with Crippen LogP contribution in [0.5, 0.6) is 0 Å². The second-order valence-electron chi connectivity index (χ2n) is 4.56. The molecular weight excluding hydrogens is 272 g/mol. The molecule has 2 rings (SSSR count). The van der Waals surface area contributed by atoms with E-state index in [9.17, 15) is 9.00 Å². The molecule has 4 heteroatoms. The maximum Gasteiger partial charge on any atom is 0.307 e. The number of benzene rings is 2. The van der Waals surface area contributed by atoms with Crippen LogP contribution in [0.4, 0.5) is 0 Å². The van der Waals surface area contributed by atoms with E-state index in [1.807, 2.05) is 37.3 Å². The lowest BCUT2D eigenvalue weighted by atomic mass is 10.2. The Morgan fingerprint density at radius 1 is 1.10 bits per heavy atom. The van der Waals surface area contributed by atoms with E-state index < -0.39 is 16.8 Å². The van der Waals surface area contributed by atoms with Gasteiger partial charge in [-0.1, -0.05) is 42.5 Å². The third-order valence-corrected chi connectivity index (χ3v) is 4.75. The highest BCUT2D eigenvalue weighted by atomic mass is 32.2. The quantitative estimate of drug-likeness (QED) is 0.919. The minimum Gasteiger partial charge on any atom is -0.481 e. The Morgan fingerprint density at radius 2 is 1.70 bits per heavy atom. The van der Waals surface area contributed by atoms with Gasteiger partial charge >= 0.3 is 5.97 Å². The van der Waals surface area contributed by atoms with E-state index in [2.05, 4.69) is 0 Å². The Hall–Kier alpha value is -1.94. The van der Waals surface area contributed by atoms with Gasteiger partial charge in [-0.05, 0) is 30.2 Å². The van der Waals surface area contributed by atoms with Crippen LogP contribution in [0.15, 0.2) is 59.5 Å². The van der Waals surface area contributed by atoms with Crippen molar-refractivity contribution in [2.45, 2.75) is 23.5 Å². The third kappa shape index (κ3) is 3.54. The van der Waals surface area contributed by atoms with Crippen molar-refractivity contribution in [3.8, 4) is 0 Å². The molecule has 0 spiro atoms. The molecule has 0 saturated heterocycles. The summed E-state index contributed by atoms with van der Waals surface area (Å²) in [7, 11) is -1.15. The first-order valence-electron chi connectivity index (χ1n) is 6.34. The van der Waals surface area contributed by atoms with Gasteiger partial charge < -0.3 is 5.11 Å². The second-order valence-corrected chi connectivity index (χ2v) is 6.34. The lowest BCUT2D eigenvalue weighted by Crippen LogP contribution is -2.04. The number of carboxylic acids is 1. The zero-order valence-corrected chi connectivity index (χ0v) is 12.0. The van der Waals surface area contributed by atoms with E-state index in [0.717, 1.165) is 10.5 Å². The fourth-order valence-corrected chi connectivity index (χ4v) is 3.18. The summed E-state index contributed by atoms with van der Waals surface area (Å²) in [5, 5.41) is 8.63. The van der Waals surface area contributed by atoms with Gasteiger partial charge in [0, 0.05) is 4.90 Å². The van der Waals surface area contributed by atoms with Gasteiger partial charge in [-0.3, -0.25) is 9.00 Å². The van der Waals surface area contributed by atoms with Crippen LogP contribution in [0, 0.1) is 0 Å². The highest BCUT2D eigenvalue weighted by molar-refractivity contribution is 7.85. The van der Waals surface area contributed by atoms with Crippen LogP contribution >= 0.6 is 0 Å². The Bertz CT molecular complexity index is 605. The van der Waals surface area contributed by atoms with Crippen molar-refractivity contribution in [2.24, 2.45) is 0 Å². The van der Waals surface area contributed by atoms with Crippen molar-refractivity contribution in [1.29, 1.82) is 0 Å². The van der Waals surface area contributed by atoms with Crippen LogP contribution in [0.1, 0.15) is 23.3 Å². The van der Waals surface area contributed by atoms with E-state index in [1.165, 1.54) is 0 Å². The molecule has 2 unspecified atom stereocenters. The van der Waals surface area contributed by atoms with E-state index in [1.54, 1.807) is 24.3 Å². The van der Waals surface area contributed by atoms with Crippen LogP contribution < -0.4 is 0 Å². The van der Waals surface area contributed by atoms with Gasteiger partial charge in [-0.25, -0.2) is 0 Å². The maximum atomic E-state index is 12.5. The summed E-state index contributed by atoms with van der Waals surface area (Å²) < 4.78 is 12.5. The summed E-state index contributed by atoms with van der Waals surface area (Å²) in [5.74, 6) is -0.864. The Balaban J connectivity index is 2.15. The fraction of sp³-hybridized carbons (Fsp3) is 0.188. The second kappa shape index (κ2) is 6.48. The zero-order chi connectivity index (χ0) is 14.5. The number of aliphatic carboxylic acids is 1. The average Bonchev–Trinajstić information content (AvgIpc) is 2.47. The molecule has 2 atom stereocenters. The number of carbonyl (C=O) groups is 1. The van der Waals surface area contributed by atoms with Crippen LogP contribution in [-0.2, 0) is 22.0 Å². The molecule has 3 nitrogen and oxygen atoms in total. The summed E-state index contributed by atoms with van der Waals surface area (Å²) in [6.07, 6.45) is -0.0127. The van der Waals surface area contributed by atoms with Crippen LogP contribution in [0.2, 0.25) is 0 Å². The molecule has 104 valence electrons. The van der Waals surface area contributed by atoms with Gasteiger partial charge in [-0.15, -0.1) is 0 Å². The highest BCUT2D eigenvalue weighted by Gasteiger charge is 2.15. The number of carboxylic acid groups (broad SMARTS) is 1. The molecule has 1 N–H and O–H groups in total. The monoisotopic (exact) mass is 288 g/mol. The van der Waals surface area contributed by atoms with Crippen molar-refractivity contribution >= 4 is 16.8 Å². The zero-order valence-electron chi connectivity index (χ0n) is 11.2. The molecule has 2 aromatic rings. The van der Waals surface area contributed by atoms with Gasteiger partial charge in [-0.2, -0.15) is 0 Å². The van der Waals surface area contributed by atoms with Crippen molar-refractivity contribution < 1.29 is 14.1 Å². The molecule has 0 saturated carbocycles. The Morgan fingerprint density at radius 3 is 2.25 bits per heavy atom. The van der Waals surface area contributed by atoms with Crippen LogP contribution in [-0.4, -0.2) is 15.3 Å². The summed E-state index contributed by atoms with van der Waals surface area (Å²) in [5.41, 5.74) is 1.74. The normalized spacial score (nSPS) is 13.7. The minimum atomic E-state index is -1.15. The van der Waals surface area contributed by atoms with E-state index in [4.69, 9.17) is 5.11 Å². The molecule has 0 amide bonds. The summed E-state index contributed by atoms with van der Waals surface area (Å²) in [6.45, 7) is 1.93.